The number of hydrogen-bond donors (Lipinski definition) is 0. The molecule has 14 heavy (non-hydrogen) atoms. The van der Waals surface area contributed by atoms with Crippen LogP contribution in [0.15, 0.2) is 41.9 Å². The highest BCUT2D eigenvalue weighted by Crippen LogP contribution is 2.23. The van der Waals surface area contributed by atoms with Gasteiger partial charge >= 0.3 is 0 Å². The molecule has 0 radical (unpaired) electrons. The van der Waals surface area contributed by atoms with E-state index in [1.54, 1.807) is 11.3 Å². The minimum Gasteiger partial charge on any atom is -1.00 e. The SMILES string of the molecule is [I-].c1ccc2c(c1)ccc1sc[nH+]c12. The summed E-state index contributed by atoms with van der Waals surface area (Å²) < 4.78 is 1.32. The zero-order valence-corrected chi connectivity index (χ0v) is 10.3. The van der Waals surface area contributed by atoms with Crippen molar-refractivity contribution in [1.82, 2.24) is 0 Å². The third kappa shape index (κ3) is 1.40. The molecule has 0 aliphatic heterocycles. The minimum atomic E-state index is 0. The van der Waals surface area contributed by atoms with Crippen molar-refractivity contribution in [3.05, 3.63) is 41.9 Å². The quantitative estimate of drug-likeness (QED) is 0.514. The van der Waals surface area contributed by atoms with Gasteiger partial charge in [-0.3, -0.25) is 0 Å². The summed E-state index contributed by atoms with van der Waals surface area (Å²) >= 11 is 1.75. The molecule has 1 heterocycles. The van der Waals surface area contributed by atoms with Gasteiger partial charge in [0.25, 0.3) is 0 Å². The molecule has 0 aliphatic rings. The van der Waals surface area contributed by atoms with Gasteiger partial charge in [0.15, 0.2) is 0 Å². The molecule has 1 N–H and O–H groups in total. The summed E-state index contributed by atoms with van der Waals surface area (Å²) in [6.45, 7) is 0. The van der Waals surface area contributed by atoms with Gasteiger partial charge in [-0.1, -0.05) is 35.6 Å². The van der Waals surface area contributed by atoms with Crippen LogP contribution in [0.4, 0.5) is 0 Å². The van der Waals surface area contributed by atoms with Crippen LogP contribution in [0.1, 0.15) is 0 Å². The number of thiazole rings is 1. The maximum atomic E-state index is 3.28. The highest BCUT2D eigenvalue weighted by molar-refractivity contribution is 7.16. The predicted octanol–water partition coefficient (Wildman–Crippen LogP) is -0.127. The molecule has 0 unspecified atom stereocenters. The van der Waals surface area contributed by atoms with Gasteiger partial charge in [-0.15, -0.1) is 0 Å². The van der Waals surface area contributed by atoms with E-state index in [0.717, 1.165) is 0 Å². The first kappa shape index (κ1) is 9.86. The average molecular weight is 313 g/mol. The van der Waals surface area contributed by atoms with E-state index >= 15 is 0 Å². The van der Waals surface area contributed by atoms with Crippen molar-refractivity contribution >= 4 is 32.3 Å². The Morgan fingerprint density at radius 1 is 1.00 bits per heavy atom. The first-order valence-corrected chi connectivity index (χ1v) is 5.10. The first-order chi connectivity index (χ1) is 6.45. The van der Waals surface area contributed by atoms with Gasteiger partial charge < -0.3 is 24.0 Å². The van der Waals surface area contributed by atoms with Crippen molar-refractivity contribution in [3.8, 4) is 0 Å². The van der Waals surface area contributed by atoms with Crippen molar-refractivity contribution in [1.29, 1.82) is 0 Å². The number of H-pyrrole nitrogens is 1. The number of rotatable bonds is 0. The van der Waals surface area contributed by atoms with Crippen LogP contribution in [0, 0.1) is 0 Å². The summed E-state index contributed by atoms with van der Waals surface area (Å²) in [6.07, 6.45) is 0. The van der Waals surface area contributed by atoms with Crippen LogP contribution in [-0.4, -0.2) is 0 Å². The van der Waals surface area contributed by atoms with Crippen molar-refractivity contribution in [2.45, 2.75) is 0 Å². The van der Waals surface area contributed by atoms with Gasteiger partial charge in [0.05, 0.1) is 5.39 Å². The third-order valence-corrected chi connectivity index (χ3v) is 3.11. The summed E-state index contributed by atoms with van der Waals surface area (Å²) in [6, 6.07) is 12.8. The molecular formula is C11H8INS. The standard InChI is InChI=1S/C11H7NS.HI/c1-2-4-9-8(3-1)5-6-10-11(9)12-7-13-10;/h1-7H;1H. The predicted molar refractivity (Wildman–Crippen MR) is 55.9 cm³/mol. The van der Waals surface area contributed by atoms with Gasteiger partial charge in [0.2, 0.25) is 11.0 Å². The molecular weight excluding hydrogens is 305 g/mol. The van der Waals surface area contributed by atoms with Crippen molar-refractivity contribution in [2.24, 2.45) is 0 Å². The third-order valence-electron chi connectivity index (χ3n) is 2.28. The number of hydrogen-bond acceptors (Lipinski definition) is 1. The first-order valence-electron chi connectivity index (χ1n) is 4.22. The Labute approximate surface area is 103 Å². The van der Waals surface area contributed by atoms with Crippen molar-refractivity contribution in [2.75, 3.05) is 0 Å². The Kier molecular flexibility index (Phi) is 2.69. The lowest BCUT2D eigenvalue weighted by Gasteiger charge is -1.93. The molecule has 0 saturated carbocycles. The largest absolute Gasteiger partial charge is 1.00 e. The summed E-state index contributed by atoms with van der Waals surface area (Å²) in [5.41, 5.74) is 3.28. The van der Waals surface area contributed by atoms with Gasteiger partial charge in [0.1, 0.15) is 4.70 Å². The molecule has 0 saturated heterocycles. The highest BCUT2D eigenvalue weighted by Gasteiger charge is 2.06. The summed E-state index contributed by atoms with van der Waals surface area (Å²) in [5, 5.41) is 2.60. The summed E-state index contributed by atoms with van der Waals surface area (Å²) in [4.78, 5) is 3.28. The fourth-order valence-corrected chi connectivity index (χ4v) is 2.39. The Balaban J connectivity index is 0.000000750. The van der Waals surface area contributed by atoms with Crippen LogP contribution in [0.2, 0.25) is 0 Å². The van der Waals surface area contributed by atoms with E-state index in [9.17, 15) is 0 Å². The number of halogens is 1. The Morgan fingerprint density at radius 3 is 2.79 bits per heavy atom. The summed E-state index contributed by atoms with van der Waals surface area (Å²) in [5.74, 6) is 0. The van der Waals surface area contributed by atoms with E-state index in [4.69, 9.17) is 0 Å². The lowest BCUT2D eigenvalue weighted by molar-refractivity contribution is -0.336. The average Bonchev–Trinajstić information content (AvgIpc) is 2.65. The highest BCUT2D eigenvalue weighted by atomic mass is 127. The number of benzene rings is 2. The minimum absolute atomic E-state index is 0. The molecule has 0 atom stereocenters. The van der Waals surface area contributed by atoms with E-state index in [1.165, 1.54) is 21.0 Å². The molecule has 1 nitrogen and oxygen atoms in total. The topological polar surface area (TPSA) is 14.1 Å². The van der Waals surface area contributed by atoms with Gasteiger partial charge in [-0.2, -0.15) is 0 Å². The summed E-state index contributed by atoms with van der Waals surface area (Å²) in [7, 11) is 0. The Hall–Kier alpha value is -0.680. The number of nitrogens with one attached hydrogen (secondary N) is 1. The Bertz CT molecular complexity index is 573. The monoisotopic (exact) mass is 313 g/mol. The molecule has 3 rings (SSSR count). The molecule has 0 amide bonds. The molecule has 1 aromatic heterocycles. The van der Waals surface area contributed by atoms with E-state index in [1.807, 2.05) is 5.51 Å². The van der Waals surface area contributed by atoms with E-state index in [2.05, 4.69) is 41.4 Å². The molecule has 2 aromatic carbocycles. The molecule has 0 spiro atoms. The Morgan fingerprint density at radius 2 is 1.86 bits per heavy atom. The maximum absolute atomic E-state index is 3.28. The van der Waals surface area contributed by atoms with E-state index in [0.29, 0.717) is 0 Å². The fraction of sp³-hybridized carbons (Fsp3) is 0. The van der Waals surface area contributed by atoms with Crippen molar-refractivity contribution < 1.29 is 29.0 Å². The number of fused-ring (bicyclic) bond motifs is 3. The number of aromatic nitrogens is 1. The normalized spacial score (nSPS) is 10.3. The molecule has 3 heteroatoms. The second-order valence-electron chi connectivity index (χ2n) is 3.04. The van der Waals surface area contributed by atoms with Crippen LogP contribution >= 0.6 is 11.3 Å². The van der Waals surface area contributed by atoms with Crippen molar-refractivity contribution in [3.63, 3.8) is 0 Å². The van der Waals surface area contributed by atoms with E-state index in [-0.39, 0.29) is 24.0 Å². The fourth-order valence-electron chi connectivity index (χ4n) is 1.65. The second-order valence-corrected chi connectivity index (χ2v) is 3.95. The van der Waals surface area contributed by atoms with Crippen LogP contribution < -0.4 is 29.0 Å². The van der Waals surface area contributed by atoms with Crippen LogP contribution in [0.3, 0.4) is 0 Å². The lowest BCUT2D eigenvalue weighted by Crippen LogP contribution is -3.00. The molecule has 3 aromatic rings. The zero-order chi connectivity index (χ0) is 8.67. The van der Waals surface area contributed by atoms with Gasteiger partial charge in [0, 0.05) is 0 Å². The number of aromatic amines is 1. The molecule has 0 aliphatic carbocycles. The van der Waals surface area contributed by atoms with Gasteiger partial charge in [-0.05, 0) is 17.5 Å². The van der Waals surface area contributed by atoms with Crippen LogP contribution in [0.25, 0.3) is 21.0 Å². The zero-order valence-electron chi connectivity index (χ0n) is 7.33. The molecule has 70 valence electrons. The van der Waals surface area contributed by atoms with Crippen LogP contribution in [-0.2, 0) is 0 Å². The van der Waals surface area contributed by atoms with E-state index < -0.39 is 0 Å². The van der Waals surface area contributed by atoms with Gasteiger partial charge in [-0.25, -0.2) is 4.98 Å². The molecule has 0 fully saturated rings. The smallest absolute Gasteiger partial charge is 0.229 e. The van der Waals surface area contributed by atoms with Crippen LogP contribution in [0.5, 0.6) is 0 Å². The maximum Gasteiger partial charge on any atom is 0.229 e. The molecule has 0 bridgehead atoms. The lowest BCUT2D eigenvalue weighted by atomic mass is 10.1. The second kappa shape index (κ2) is 3.82.